The number of hydrogen-bond donors (Lipinski definition) is 1. The van der Waals surface area contributed by atoms with Crippen molar-refractivity contribution in [2.75, 3.05) is 19.7 Å². The number of carboxylic acids is 1. The summed E-state index contributed by atoms with van der Waals surface area (Å²) in [7, 11) is 0. The van der Waals surface area contributed by atoms with Gasteiger partial charge >= 0.3 is 5.97 Å². The first kappa shape index (κ1) is 14.7. The van der Waals surface area contributed by atoms with Crippen LogP contribution in [0.15, 0.2) is 24.3 Å². The van der Waals surface area contributed by atoms with E-state index in [1.54, 1.807) is 24.3 Å². The average Bonchev–Trinajstić information content (AvgIpc) is 3.20. The van der Waals surface area contributed by atoms with Gasteiger partial charge in [-0.05, 0) is 43.0 Å². The first-order valence-corrected chi connectivity index (χ1v) is 6.80. The molecule has 20 heavy (non-hydrogen) atoms. The van der Waals surface area contributed by atoms with Crippen LogP contribution in [0.5, 0.6) is 5.75 Å². The fourth-order valence-electron chi connectivity index (χ4n) is 1.80. The number of benzene rings is 1. The molecular formula is C14H16ClNO4. The minimum absolute atomic E-state index is 0.165. The molecule has 1 aliphatic carbocycles. The van der Waals surface area contributed by atoms with Crippen molar-refractivity contribution < 1.29 is 19.4 Å². The van der Waals surface area contributed by atoms with E-state index in [0.717, 1.165) is 12.8 Å². The summed E-state index contributed by atoms with van der Waals surface area (Å²) in [5.74, 6) is -0.349. The summed E-state index contributed by atoms with van der Waals surface area (Å²) in [4.78, 5) is 24.1. The molecule has 108 valence electrons. The lowest BCUT2D eigenvalue weighted by Crippen LogP contribution is -2.40. The summed E-state index contributed by atoms with van der Waals surface area (Å²) in [6, 6.07) is 6.66. The largest absolute Gasteiger partial charge is 0.484 e. The van der Waals surface area contributed by atoms with Crippen molar-refractivity contribution >= 4 is 23.5 Å². The van der Waals surface area contributed by atoms with E-state index >= 15 is 0 Å². The summed E-state index contributed by atoms with van der Waals surface area (Å²) in [5, 5.41) is 9.42. The maximum Gasteiger partial charge on any atom is 0.323 e. The third kappa shape index (κ3) is 4.74. The van der Waals surface area contributed by atoms with Crippen LogP contribution >= 0.6 is 11.6 Å². The van der Waals surface area contributed by atoms with Crippen LogP contribution in [0.2, 0.25) is 5.02 Å². The number of aliphatic carboxylic acids is 1. The second-order valence-corrected chi connectivity index (χ2v) is 5.29. The van der Waals surface area contributed by atoms with Gasteiger partial charge in [0, 0.05) is 11.6 Å². The average molecular weight is 298 g/mol. The number of nitrogens with zero attached hydrogens (tertiary/aromatic N) is 1. The summed E-state index contributed by atoms with van der Waals surface area (Å²) in [5.41, 5.74) is 0. The van der Waals surface area contributed by atoms with Crippen LogP contribution in [0, 0.1) is 5.92 Å². The zero-order chi connectivity index (χ0) is 14.5. The number of carbonyl (C=O) groups excluding carboxylic acids is 1. The van der Waals surface area contributed by atoms with E-state index in [1.807, 2.05) is 0 Å². The number of rotatable bonds is 7. The van der Waals surface area contributed by atoms with Crippen molar-refractivity contribution in [1.29, 1.82) is 0 Å². The Hall–Kier alpha value is -1.75. The quantitative estimate of drug-likeness (QED) is 0.836. The van der Waals surface area contributed by atoms with E-state index in [-0.39, 0.29) is 19.1 Å². The SMILES string of the molecule is O=C(O)CN(CC1CC1)C(=O)COc1ccc(Cl)cc1. The molecule has 0 radical (unpaired) electrons. The van der Waals surface area contributed by atoms with Gasteiger partial charge in [0.25, 0.3) is 5.91 Å². The summed E-state index contributed by atoms with van der Waals surface area (Å²) in [6.45, 7) is 0.0516. The molecule has 2 rings (SSSR count). The molecule has 0 aliphatic heterocycles. The van der Waals surface area contributed by atoms with E-state index in [4.69, 9.17) is 21.4 Å². The Bertz CT molecular complexity index is 484. The van der Waals surface area contributed by atoms with Crippen LogP contribution in [0.25, 0.3) is 0 Å². The predicted octanol–water partition coefficient (Wildman–Crippen LogP) is 2.04. The van der Waals surface area contributed by atoms with Crippen LogP contribution in [-0.4, -0.2) is 41.6 Å². The maximum atomic E-state index is 12.0. The number of hydrogen-bond acceptors (Lipinski definition) is 3. The van der Waals surface area contributed by atoms with Crippen molar-refractivity contribution in [1.82, 2.24) is 4.90 Å². The number of carbonyl (C=O) groups is 2. The third-order valence-electron chi connectivity index (χ3n) is 3.03. The highest BCUT2D eigenvalue weighted by molar-refractivity contribution is 6.30. The first-order valence-electron chi connectivity index (χ1n) is 6.42. The van der Waals surface area contributed by atoms with Crippen LogP contribution in [0.4, 0.5) is 0 Å². The molecule has 0 unspecified atom stereocenters. The Morgan fingerprint density at radius 1 is 1.30 bits per heavy atom. The molecule has 5 nitrogen and oxygen atoms in total. The Morgan fingerprint density at radius 2 is 1.95 bits per heavy atom. The van der Waals surface area contributed by atoms with Crippen molar-refractivity contribution in [3.8, 4) is 5.75 Å². The topological polar surface area (TPSA) is 66.8 Å². The summed E-state index contributed by atoms with van der Waals surface area (Å²) in [6.07, 6.45) is 2.11. The zero-order valence-electron chi connectivity index (χ0n) is 10.9. The molecule has 1 aliphatic rings. The second-order valence-electron chi connectivity index (χ2n) is 4.85. The van der Waals surface area contributed by atoms with Gasteiger partial charge < -0.3 is 14.7 Å². The van der Waals surface area contributed by atoms with Crippen LogP contribution in [0.1, 0.15) is 12.8 Å². The molecule has 1 N–H and O–H groups in total. The van der Waals surface area contributed by atoms with E-state index in [9.17, 15) is 9.59 Å². The van der Waals surface area contributed by atoms with Gasteiger partial charge in [0.15, 0.2) is 6.61 Å². The van der Waals surface area contributed by atoms with Crippen molar-refractivity contribution in [3.63, 3.8) is 0 Å². The second kappa shape index (κ2) is 6.61. The molecule has 1 saturated carbocycles. The van der Waals surface area contributed by atoms with Gasteiger partial charge in [-0.15, -0.1) is 0 Å². The maximum absolute atomic E-state index is 12.0. The monoisotopic (exact) mass is 297 g/mol. The van der Waals surface area contributed by atoms with Crippen LogP contribution < -0.4 is 4.74 Å². The predicted molar refractivity (Wildman–Crippen MR) is 73.9 cm³/mol. The van der Waals surface area contributed by atoms with E-state index in [0.29, 0.717) is 23.2 Å². The van der Waals surface area contributed by atoms with Gasteiger partial charge in [-0.2, -0.15) is 0 Å². The summed E-state index contributed by atoms with van der Waals surface area (Å²) >= 11 is 5.75. The zero-order valence-corrected chi connectivity index (χ0v) is 11.7. The lowest BCUT2D eigenvalue weighted by molar-refractivity contribution is -0.145. The Morgan fingerprint density at radius 3 is 2.50 bits per heavy atom. The Labute approximate surface area is 122 Å². The standard InChI is InChI=1S/C14H16ClNO4/c15-11-3-5-12(6-4-11)20-9-13(17)16(8-14(18)19)7-10-1-2-10/h3-6,10H,1-2,7-9H2,(H,18,19). The molecule has 1 fully saturated rings. The molecule has 6 heteroatoms. The fourth-order valence-corrected chi connectivity index (χ4v) is 1.92. The highest BCUT2D eigenvalue weighted by atomic mass is 35.5. The van der Waals surface area contributed by atoms with Gasteiger partial charge in [0.05, 0.1) is 0 Å². The lowest BCUT2D eigenvalue weighted by Gasteiger charge is -2.20. The molecule has 0 bridgehead atoms. The molecule has 0 spiro atoms. The fraction of sp³-hybridized carbons (Fsp3) is 0.429. The molecule has 0 atom stereocenters. The molecule has 1 amide bonds. The summed E-state index contributed by atoms with van der Waals surface area (Å²) < 4.78 is 5.34. The van der Waals surface area contributed by atoms with Gasteiger partial charge in [-0.3, -0.25) is 9.59 Å². The van der Waals surface area contributed by atoms with Gasteiger partial charge in [0.1, 0.15) is 12.3 Å². The smallest absolute Gasteiger partial charge is 0.323 e. The molecule has 0 heterocycles. The number of ether oxygens (including phenoxy) is 1. The van der Waals surface area contributed by atoms with Crippen molar-refractivity contribution in [2.45, 2.75) is 12.8 Å². The highest BCUT2D eigenvalue weighted by Gasteiger charge is 2.28. The van der Waals surface area contributed by atoms with E-state index in [1.165, 1.54) is 4.90 Å². The normalized spacial score (nSPS) is 13.8. The van der Waals surface area contributed by atoms with Crippen molar-refractivity contribution in [2.24, 2.45) is 5.92 Å². The van der Waals surface area contributed by atoms with E-state index in [2.05, 4.69) is 0 Å². The van der Waals surface area contributed by atoms with Gasteiger partial charge in [-0.25, -0.2) is 0 Å². The highest BCUT2D eigenvalue weighted by Crippen LogP contribution is 2.29. The number of amides is 1. The molecule has 1 aromatic carbocycles. The Kier molecular flexibility index (Phi) is 4.84. The van der Waals surface area contributed by atoms with Crippen LogP contribution in [-0.2, 0) is 9.59 Å². The Balaban J connectivity index is 1.86. The van der Waals surface area contributed by atoms with Crippen molar-refractivity contribution in [3.05, 3.63) is 29.3 Å². The minimum Gasteiger partial charge on any atom is -0.484 e. The molecular weight excluding hydrogens is 282 g/mol. The first-order chi connectivity index (χ1) is 9.54. The lowest BCUT2D eigenvalue weighted by atomic mass is 10.3. The van der Waals surface area contributed by atoms with E-state index < -0.39 is 5.97 Å². The molecule has 0 aromatic heterocycles. The van der Waals surface area contributed by atoms with Crippen LogP contribution in [0.3, 0.4) is 0 Å². The third-order valence-corrected chi connectivity index (χ3v) is 3.28. The van der Waals surface area contributed by atoms with Gasteiger partial charge in [-0.1, -0.05) is 11.6 Å². The van der Waals surface area contributed by atoms with Gasteiger partial charge in [0.2, 0.25) is 0 Å². The molecule has 1 aromatic rings. The molecule has 0 saturated heterocycles. The number of halogens is 1. The minimum atomic E-state index is -1.01. The number of carboxylic acid groups (broad SMARTS) is 1.